The maximum atomic E-state index is 4.28. The van der Waals surface area contributed by atoms with Crippen LogP contribution in [0.4, 0.5) is 0 Å². The fourth-order valence-electron chi connectivity index (χ4n) is 1.48. The van der Waals surface area contributed by atoms with Crippen molar-refractivity contribution in [2.45, 2.75) is 64.6 Å². The topological polar surface area (TPSA) is 14.1 Å². The zero-order chi connectivity index (χ0) is 15.1. The van der Waals surface area contributed by atoms with Crippen LogP contribution >= 0.6 is 0 Å². The Balaban J connectivity index is -0.000000215. The summed E-state index contributed by atoms with van der Waals surface area (Å²) in [6.07, 6.45) is 2.73. The molecule has 20 heavy (non-hydrogen) atoms. The van der Waals surface area contributed by atoms with Crippen LogP contribution in [0.1, 0.15) is 47.5 Å². The summed E-state index contributed by atoms with van der Waals surface area (Å²) in [5, 5.41) is 5.62. The molecule has 100 valence electrons. The molecular weight excluding hydrogens is 227 g/mol. The first-order valence-electron chi connectivity index (χ1n) is 7.65. The molecule has 0 amide bonds. The normalized spacial score (nSPS) is 9.15. The summed E-state index contributed by atoms with van der Waals surface area (Å²) >= 11 is 4.30. The Morgan fingerprint density at radius 1 is 1.00 bits per heavy atom. The van der Waals surface area contributed by atoms with Gasteiger partial charge in [-0.05, 0) is 0 Å². The Bertz CT molecular complexity index is 256. The molecule has 0 aliphatic rings. The molecule has 0 atom stereocenters. The average molecular weight is 255 g/mol. The van der Waals surface area contributed by atoms with Gasteiger partial charge in [0.05, 0.1) is 0 Å². The third-order valence-corrected chi connectivity index (χ3v) is 2.24. The molecule has 0 heterocycles. The van der Waals surface area contributed by atoms with Gasteiger partial charge in [0.15, 0.2) is 0 Å². The molecule has 0 aliphatic carbocycles. The fraction of sp³-hybridized carbons (Fsp3) is 0.625. The van der Waals surface area contributed by atoms with Gasteiger partial charge in [0, 0.05) is 0 Å². The van der Waals surface area contributed by atoms with Crippen molar-refractivity contribution >= 4 is 39.7 Å². The molecule has 0 fully saturated rings. The Morgan fingerprint density at radius 2 is 1.45 bits per heavy atom. The summed E-state index contributed by atoms with van der Waals surface area (Å²) in [4.78, 5) is 0. The van der Waals surface area contributed by atoms with Crippen LogP contribution in [0.15, 0.2) is 30.3 Å². The van der Waals surface area contributed by atoms with Gasteiger partial charge in [-0.15, -0.1) is 12.1 Å². The first kappa shape index (κ1) is 25.9. The Labute approximate surface area is 158 Å². The van der Waals surface area contributed by atoms with Crippen LogP contribution in [0.2, 0.25) is 5.09 Å². The van der Waals surface area contributed by atoms with Crippen molar-refractivity contribution in [3.63, 3.8) is 0 Å². The van der Waals surface area contributed by atoms with Gasteiger partial charge < -0.3 is 5.32 Å². The van der Waals surface area contributed by atoms with Gasteiger partial charge in [-0.2, -0.15) is 0 Å². The first-order chi connectivity index (χ1) is 8.93. The molecule has 1 rings (SSSR count). The van der Waals surface area contributed by atoms with Crippen molar-refractivity contribution in [3.05, 3.63) is 35.6 Å². The van der Waals surface area contributed by atoms with E-state index in [0.29, 0.717) is 12.1 Å². The SMILES string of the molecule is CC(C)[N-]C(C)C.[Li+].[Li][CH2]CCC.[Li][c]1ccccc1. The Morgan fingerprint density at radius 3 is 1.55 bits per heavy atom. The van der Waals surface area contributed by atoms with Gasteiger partial charge in [0.2, 0.25) is 0 Å². The zero-order valence-electron chi connectivity index (χ0n) is 15.1. The predicted octanol–water partition coefficient (Wildman–Crippen LogP) is 1.03. The summed E-state index contributed by atoms with van der Waals surface area (Å²) in [7, 11) is 0. The molecule has 0 aromatic heterocycles. The minimum absolute atomic E-state index is 0. The van der Waals surface area contributed by atoms with E-state index in [2.05, 4.69) is 87.5 Å². The van der Waals surface area contributed by atoms with E-state index in [1.54, 1.807) is 0 Å². The molecule has 4 heteroatoms. The minimum atomic E-state index is 0. The van der Waals surface area contributed by atoms with E-state index in [0.717, 1.165) is 0 Å². The van der Waals surface area contributed by atoms with E-state index in [4.69, 9.17) is 0 Å². The predicted molar refractivity (Wildman–Crippen MR) is 90.9 cm³/mol. The van der Waals surface area contributed by atoms with E-state index in [-0.39, 0.29) is 18.9 Å². The second-order valence-corrected chi connectivity index (χ2v) is 5.34. The zero-order valence-corrected chi connectivity index (χ0v) is 15.1. The standard InChI is InChI=1S/C6H14N.C6H5.C4H9.3Li/c1-5(2)7-6(3)4;1-2-4-6-5-3-1;1-3-4-2;;;/h5-6H,1-4H3;1-5H;1,3-4H2,2H3;;;/q-1;;;;;+1. The van der Waals surface area contributed by atoms with Crippen molar-refractivity contribution in [1.29, 1.82) is 0 Å². The van der Waals surface area contributed by atoms with Crippen LogP contribution in [-0.4, -0.2) is 47.5 Å². The van der Waals surface area contributed by atoms with Crippen molar-refractivity contribution in [1.82, 2.24) is 0 Å². The molecule has 1 aromatic carbocycles. The van der Waals surface area contributed by atoms with Crippen molar-refractivity contribution in [2.24, 2.45) is 0 Å². The van der Waals surface area contributed by atoms with E-state index in [9.17, 15) is 0 Å². The second kappa shape index (κ2) is 20.0. The molecule has 0 spiro atoms. The summed E-state index contributed by atoms with van der Waals surface area (Å²) in [5.41, 5.74) is 0. The number of rotatable bonds is 4. The molecule has 0 unspecified atom stereocenters. The molecule has 0 bridgehead atoms. The van der Waals surface area contributed by atoms with E-state index in [1.165, 1.54) is 22.2 Å². The van der Waals surface area contributed by atoms with Gasteiger partial charge in [-0.25, -0.2) is 0 Å². The molecule has 0 saturated carbocycles. The van der Waals surface area contributed by atoms with Crippen LogP contribution < -0.4 is 23.1 Å². The number of benzene rings is 1. The summed E-state index contributed by atoms with van der Waals surface area (Å²) in [5.74, 6) is 0. The maximum absolute atomic E-state index is 4.28. The number of hydrogen-bond acceptors (Lipinski definition) is 0. The number of nitrogens with zero attached hydrogens (tertiary/aromatic N) is 1. The molecule has 0 aliphatic heterocycles. The third-order valence-electron chi connectivity index (χ3n) is 2.24. The first-order valence-corrected chi connectivity index (χ1v) is 7.65. The van der Waals surface area contributed by atoms with Crippen LogP contribution in [0.5, 0.6) is 0 Å². The summed E-state index contributed by atoms with van der Waals surface area (Å²) < 4.78 is 1.32. The van der Waals surface area contributed by atoms with Crippen LogP contribution in [0.3, 0.4) is 0 Å². The molecule has 1 aromatic rings. The molecule has 0 N–H and O–H groups in total. The Hall–Kier alpha value is 0.972. The third kappa shape index (κ3) is 27.3. The molecule has 0 radical (unpaired) electrons. The van der Waals surface area contributed by atoms with Gasteiger partial charge in [0.1, 0.15) is 0 Å². The number of unbranched alkanes of at least 4 members (excludes halogenated alkanes) is 1. The molecular formula is C16H28Li3N. The van der Waals surface area contributed by atoms with Crippen molar-refractivity contribution < 1.29 is 18.9 Å². The molecule has 1 nitrogen and oxygen atoms in total. The van der Waals surface area contributed by atoms with E-state index < -0.39 is 0 Å². The van der Waals surface area contributed by atoms with Gasteiger partial charge in [0.25, 0.3) is 0 Å². The second-order valence-electron chi connectivity index (χ2n) is 5.34. The molecule has 0 saturated heterocycles. The van der Waals surface area contributed by atoms with Gasteiger partial charge >= 0.3 is 114 Å². The van der Waals surface area contributed by atoms with E-state index >= 15 is 0 Å². The van der Waals surface area contributed by atoms with Crippen LogP contribution in [-0.2, 0) is 0 Å². The number of hydrogen-bond donors (Lipinski definition) is 0. The Kier molecular flexibility index (Phi) is 25.9. The average Bonchev–Trinajstić information content (AvgIpc) is 2.30. The van der Waals surface area contributed by atoms with Crippen molar-refractivity contribution in [3.8, 4) is 0 Å². The quantitative estimate of drug-likeness (QED) is 0.714. The monoisotopic (exact) mass is 255 g/mol. The van der Waals surface area contributed by atoms with Gasteiger partial charge in [-0.3, -0.25) is 0 Å². The van der Waals surface area contributed by atoms with Gasteiger partial charge in [-0.1, -0.05) is 27.7 Å². The van der Waals surface area contributed by atoms with Crippen molar-refractivity contribution in [2.75, 3.05) is 0 Å². The van der Waals surface area contributed by atoms with Crippen LogP contribution in [0, 0.1) is 0 Å². The fourth-order valence-corrected chi connectivity index (χ4v) is 1.48. The summed E-state index contributed by atoms with van der Waals surface area (Å²) in [6.45, 7) is 10.6. The summed E-state index contributed by atoms with van der Waals surface area (Å²) in [6, 6.07) is 11.3. The van der Waals surface area contributed by atoms with E-state index in [1.807, 2.05) is 18.2 Å². The van der Waals surface area contributed by atoms with Crippen LogP contribution in [0.25, 0.3) is 5.32 Å².